The van der Waals surface area contributed by atoms with Crippen LogP contribution < -0.4 is 15.4 Å². The molecule has 29 heavy (non-hydrogen) atoms. The highest BCUT2D eigenvalue weighted by Gasteiger charge is 2.29. The molecule has 0 spiro atoms. The fourth-order valence-electron chi connectivity index (χ4n) is 2.52. The number of anilines is 2. The number of sulfonamides is 1. The Morgan fingerprint density at radius 2 is 1.72 bits per heavy atom. The number of amides is 2. The summed E-state index contributed by atoms with van der Waals surface area (Å²) in [7, 11) is -0.611. The van der Waals surface area contributed by atoms with Gasteiger partial charge in [-0.3, -0.25) is 9.59 Å². The van der Waals surface area contributed by atoms with Crippen LogP contribution >= 0.6 is 0 Å². The molecular formula is C20H23N3O5S. The number of hydrogen-bond acceptors (Lipinski definition) is 5. The Balaban J connectivity index is 1.53. The first kappa shape index (κ1) is 20.8. The van der Waals surface area contributed by atoms with Gasteiger partial charge in [0.1, 0.15) is 5.75 Å². The monoisotopic (exact) mass is 417 g/mol. The summed E-state index contributed by atoms with van der Waals surface area (Å²) in [5.41, 5.74) is 1.08. The largest absolute Gasteiger partial charge is 0.484 e. The van der Waals surface area contributed by atoms with Gasteiger partial charge >= 0.3 is 0 Å². The molecule has 9 heteroatoms. The molecule has 8 nitrogen and oxygen atoms in total. The van der Waals surface area contributed by atoms with Crippen LogP contribution in [0.3, 0.4) is 0 Å². The third-order valence-electron chi connectivity index (χ3n) is 4.34. The molecule has 1 fully saturated rings. The summed E-state index contributed by atoms with van der Waals surface area (Å²) in [4.78, 5) is 24.1. The van der Waals surface area contributed by atoms with Gasteiger partial charge in [-0.1, -0.05) is 6.07 Å². The number of nitrogens with one attached hydrogen (secondary N) is 2. The van der Waals surface area contributed by atoms with Crippen molar-refractivity contribution in [1.29, 1.82) is 0 Å². The fourth-order valence-corrected chi connectivity index (χ4v) is 3.42. The summed E-state index contributed by atoms with van der Waals surface area (Å²) < 4.78 is 30.7. The molecular weight excluding hydrogens is 394 g/mol. The first-order valence-electron chi connectivity index (χ1n) is 9.12. The van der Waals surface area contributed by atoms with Crippen molar-refractivity contribution in [2.75, 3.05) is 31.3 Å². The molecule has 0 bridgehead atoms. The number of benzene rings is 2. The first-order valence-corrected chi connectivity index (χ1v) is 10.6. The second-order valence-electron chi connectivity index (χ2n) is 6.94. The quantitative estimate of drug-likeness (QED) is 0.686. The SMILES string of the molecule is CN(C)S(=O)(=O)c1ccc(NC(=O)COc2cccc(NC(=O)C3CC3)c2)cc1. The van der Waals surface area contributed by atoms with Crippen molar-refractivity contribution < 1.29 is 22.7 Å². The van der Waals surface area contributed by atoms with Crippen molar-refractivity contribution in [3.8, 4) is 5.75 Å². The molecule has 1 saturated carbocycles. The van der Waals surface area contributed by atoms with Gasteiger partial charge in [-0.05, 0) is 49.2 Å². The van der Waals surface area contributed by atoms with Crippen molar-refractivity contribution in [1.82, 2.24) is 4.31 Å². The van der Waals surface area contributed by atoms with Gasteiger partial charge in [0.05, 0.1) is 4.90 Å². The smallest absolute Gasteiger partial charge is 0.262 e. The number of carbonyl (C=O) groups is 2. The minimum Gasteiger partial charge on any atom is -0.484 e. The molecule has 1 aliphatic carbocycles. The van der Waals surface area contributed by atoms with Crippen LogP contribution in [0.15, 0.2) is 53.4 Å². The molecule has 2 aromatic rings. The van der Waals surface area contributed by atoms with E-state index in [1.807, 2.05) is 0 Å². The van der Waals surface area contributed by atoms with E-state index < -0.39 is 10.0 Å². The number of rotatable bonds is 8. The molecule has 0 heterocycles. The fraction of sp³-hybridized carbons (Fsp3) is 0.300. The van der Waals surface area contributed by atoms with E-state index in [0.29, 0.717) is 17.1 Å². The predicted octanol–water partition coefficient (Wildman–Crippen LogP) is 2.30. The molecule has 0 atom stereocenters. The lowest BCUT2D eigenvalue weighted by molar-refractivity contribution is -0.118. The van der Waals surface area contributed by atoms with Crippen LogP contribution in [0.25, 0.3) is 0 Å². The zero-order chi connectivity index (χ0) is 21.0. The van der Waals surface area contributed by atoms with Crippen molar-refractivity contribution in [2.24, 2.45) is 5.92 Å². The number of carbonyl (C=O) groups excluding carboxylic acids is 2. The summed E-state index contributed by atoms with van der Waals surface area (Å²) in [5.74, 6) is 0.172. The van der Waals surface area contributed by atoms with E-state index in [1.54, 1.807) is 24.3 Å². The van der Waals surface area contributed by atoms with Gasteiger partial charge in [-0.25, -0.2) is 12.7 Å². The van der Waals surface area contributed by atoms with Gasteiger partial charge in [-0.2, -0.15) is 0 Å². The van der Waals surface area contributed by atoms with E-state index in [1.165, 1.54) is 38.4 Å². The molecule has 3 rings (SSSR count). The molecule has 0 unspecified atom stereocenters. The first-order chi connectivity index (χ1) is 13.8. The lowest BCUT2D eigenvalue weighted by Gasteiger charge is -2.12. The molecule has 154 valence electrons. The molecule has 1 aliphatic rings. The van der Waals surface area contributed by atoms with E-state index in [4.69, 9.17) is 4.74 Å². The van der Waals surface area contributed by atoms with E-state index >= 15 is 0 Å². The third-order valence-corrected chi connectivity index (χ3v) is 6.17. The Morgan fingerprint density at radius 1 is 1.03 bits per heavy atom. The Kier molecular flexibility index (Phi) is 6.19. The average Bonchev–Trinajstić information content (AvgIpc) is 3.52. The zero-order valence-electron chi connectivity index (χ0n) is 16.2. The molecule has 2 amide bonds. The number of hydrogen-bond donors (Lipinski definition) is 2. The highest BCUT2D eigenvalue weighted by molar-refractivity contribution is 7.89. The van der Waals surface area contributed by atoms with Crippen LogP contribution in [-0.2, 0) is 19.6 Å². The molecule has 0 aliphatic heterocycles. The van der Waals surface area contributed by atoms with Gasteiger partial charge in [0, 0.05) is 37.5 Å². The predicted molar refractivity (Wildman–Crippen MR) is 109 cm³/mol. The number of ether oxygens (including phenoxy) is 1. The minimum atomic E-state index is -3.52. The maximum Gasteiger partial charge on any atom is 0.262 e. The van der Waals surface area contributed by atoms with E-state index in [0.717, 1.165) is 17.1 Å². The Labute approximate surface area is 169 Å². The van der Waals surface area contributed by atoms with E-state index in [9.17, 15) is 18.0 Å². The van der Waals surface area contributed by atoms with Crippen LogP contribution in [-0.4, -0.2) is 45.2 Å². The Hall–Kier alpha value is -2.91. The zero-order valence-corrected chi connectivity index (χ0v) is 17.0. The summed E-state index contributed by atoms with van der Waals surface area (Å²) in [6.45, 7) is -0.224. The highest BCUT2D eigenvalue weighted by Crippen LogP contribution is 2.30. The van der Waals surface area contributed by atoms with E-state index in [-0.39, 0.29) is 29.2 Å². The standard InChI is InChI=1S/C20H23N3O5S/c1-23(2)29(26,27)18-10-8-15(9-11-18)21-19(24)13-28-17-5-3-4-16(12-17)22-20(25)14-6-7-14/h3-5,8-12,14H,6-7,13H2,1-2H3,(H,21,24)(H,22,25). The van der Waals surface area contributed by atoms with Gasteiger partial charge < -0.3 is 15.4 Å². The summed E-state index contributed by atoms with van der Waals surface area (Å²) in [6, 6.07) is 12.7. The second kappa shape index (κ2) is 8.62. The summed E-state index contributed by atoms with van der Waals surface area (Å²) in [5, 5.41) is 5.47. The topological polar surface area (TPSA) is 105 Å². The molecule has 0 aromatic heterocycles. The average molecular weight is 417 g/mol. The van der Waals surface area contributed by atoms with Crippen LogP contribution in [0.2, 0.25) is 0 Å². The van der Waals surface area contributed by atoms with Crippen molar-refractivity contribution in [3.63, 3.8) is 0 Å². The maximum absolute atomic E-state index is 12.1. The van der Waals surface area contributed by atoms with Crippen LogP contribution in [0, 0.1) is 5.92 Å². The second-order valence-corrected chi connectivity index (χ2v) is 9.09. The van der Waals surface area contributed by atoms with Crippen LogP contribution in [0.5, 0.6) is 5.75 Å². The Bertz CT molecular complexity index is 999. The van der Waals surface area contributed by atoms with Gasteiger partial charge in [0.25, 0.3) is 5.91 Å². The van der Waals surface area contributed by atoms with Crippen molar-refractivity contribution >= 4 is 33.2 Å². The maximum atomic E-state index is 12.1. The lowest BCUT2D eigenvalue weighted by atomic mass is 10.3. The molecule has 0 radical (unpaired) electrons. The highest BCUT2D eigenvalue weighted by atomic mass is 32.2. The van der Waals surface area contributed by atoms with Crippen LogP contribution in [0.1, 0.15) is 12.8 Å². The minimum absolute atomic E-state index is 0.000351. The number of nitrogens with zero attached hydrogens (tertiary/aromatic N) is 1. The van der Waals surface area contributed by atoms with Crippen molar-refractivity contribution in [3.05, 3.63) is 48.5 Å². The molecule has 0 saturated heterocycles. The molecule has 2 N–H and O–H groups in total. The van der Waals surface area contributed by atoms with E-state index in [2.05, 4.69) is 10.6 Å². The lowest BCUT2D eigenvalue weighted by Crippen LogP contribution is -2.22. The van der Waals surface area contributed by atoms with Gasteiger partial charge in [0.15, 0.2) is 6.61 Å². The summed E-state index contributed by atoms with van der Waals surface area (Å²) in [6.07, 6.45) is 1.84. The summed E-state index contributed by atoms with van der Waals surface area (Å²) >= 11 is 0. The Morgan fingerprint density at radius 3 is 2.34 bits per heavy atom. The normalized spacial score (nSPS) is 13.8. The van der Waals surface area contributed by atoms with Gasteiger partial charge in [-0.15, -0.1) is 0 Å². The molecule has 2 aromatic carbocycles. The third kappa shape index (κ3) is 5.55. The van der Waals surface area contributed by atoms with Gasteiger partial charge in [0.2, 0.25) is 15.9 Å². The van der Waals surface area contributed by atoms with Crippen LogP contribution in [0.4, 0.5) is 11.4 Å². The van der Waals surface area contributed by atoms with Crippen molar-refractivity contribution in [2.45, 2.75) is 17.7 Å².